The van der Waals surface area contributed by atoms with Crippen molar-refractivity contribution in [3.63, 3.8) is 0 Å². The lowest BCUT2D eigenvalue weighted by Gasteiger charge is -2.34. The van der Waals surface area contributed by atoms with E-state index in [1.807, 2.05) is 49.4 Å². The summed E-state index contributed by atoms with van der Waals surface area (Å²) in [6.45, 7) is 1.88. The zero-order chi connectivity index (χ0) is 32.2. The van der Waals surface area contributed by atoms with E-state index in [1.54, 1.807) is 61.7 Å². The zero-order valence-electron chi connectivity index (χ0n) is 25.8. The van der Waals surface area contributed by atoms with Gasteiger partial charge in [-0.05, 0) is 53.9 Å². The van der Waals surface area contributed by atoms with Crippen LogP contribution in [0.1, 0.15) is 24.5 Å². The fourth-order valence-corrected chi connectivity index (χ4v) is 6.33. The number of nitrogens with zero attached hydrogens (tertiary/aromatic N) is 2. The zero-order valence-corrected chi connectivity index (χ0v) is 26.6. The highest BCUT2D eigenvalue weighted by atomic mass is 32.2. The average Bonchev–Trinajstić information content (AvgIpc) is 3.08. The summed E-state index contributed by atoms with van der Waals surface area (Å²) in [5.74, 6) is 0.158. The second-order valence-corrected chi connectivity index (χ2v) is 12.3. The van der Waals surface area contributed by atoms with Crippen molar-refractivity contribution in [1.82, 2.24) is 10.2 Å². The molecule has 2 amide bonds. The second-order valence-electron chi connectivity index (χ2n) is 10.4. The summed E-state index contributed by atoms with van der Waals surface area (Å²) in [6.07, 6.45) is 0.948. The molecule has 9 nitrogen and oxygen atoms in total. The molecule has 4 rings (SSSR count). The monoisotopic (exact) mass is 629 g/mol. The van der Waals surface area contributed by atoms with Crippen LogP contribution in [-0.4, -0.2) is 58.5 Å². The summed E-state index contributed by atoms with van der Waals surface area (Å²) in [7, 11) is -1.16. The topological polar surface area (TPSA) is 105 Å². The van der Waals surface area contributed by atoms with Gasteiger partial charge in [0.15, 0.2) is 0 Å². The van der Waals surface area contributed by atoms with Gasteiger partial charge in [0.2, 0.25) is 11.8 Å². The lowest BCUT2D eigenvalue weighted by atomic mass is 10.0. The van der Waals surface area contributed by atoms with Crippen LogP contribution < -0.4 is 19.1 Å². The summed E-state index contributed by atoms with van der Waals surface area (Å²) in [5, 5.41) is 2.95. The quantitative estimate of drug-likeness (QED) is 0.197. The molecule has 0 saturated heterocycles. The molecule has 236 valence electrons. The van der Waals surface area contributed by atoms with E-state index < -0.39 is 28.5 Å². The van der Waals surface area contributed by atoms with Crippen LogP contribution in [-0.2, 0) is 32.6 Å². The number of ether oxygens (including phenoxy) is 2. The summed E-state index contributed by atoms with van der Waals surface area (Å²) in [6, 6.07) is 30.2. The van der Waals surface area contributed by atoms with Crippen molar-refractivity contribution in [1.29, 1.82) is 0 Å². The molecule has 1 unspecified atom stereocenters. The Morgan fingerprint density at radius 2 is 1.38 bits per heavy atom. The van der Waals surface area contributed by atoms with Crippen molar-refractivity contribution in [3.05, 3.63) is 120 Å². The van der Waals surface area contributed by atoms with Crippen molar-refractivity contribution < 1.29 is 27.5 Å². The molecule has 0 heterocycles. The third-order valence-corrected chi connectivity index (χ3v) is 9.05. The molecule has 4 aromatic rings. The Bertz CT molecular complexity index is 1670. The van der Waals surface area contributed by atoms with Crippen LogP contribution in [0.25, 0.3) is 0 Å². The molecule has 0 saturated carbocycles. The Labute approximate surface area is 265 Å². The molecule has 0 bridgehead atoms. The first kappa shape index (κ1) is 33.1. The van der Waals surface area contributed by atoms with Crippen molar-refractivity contribution >= 4 is 27.5 Å². The van der Waals surface area contributed by atoms with E-state index in [2.05, 4.69) is 5.32 Å². The maximum Gasteiger partial charge on any atom is 0.264 e. The maximum absolute atomic E-state index is 14.5. The molecule has 4 aromatic carbocycles. The molecular weight excluding hydrogens is 590 g/mol. The Hall–Kier alpha value is -4.83. The van der Waals surface area contributed by atoms with Gasteiger partial charge in [-0.25, -0.2) is 8.42 Å². The number of nitrogens with one attached hydrogen (secondary N) is 1. The van der Waals surface area contributed by atoms with E-state index >= 15 is 0 Å². The van der Waals surface area contributed by atoms with Gasteiger partial charge >= 0.3 is 0 Å². The van der Waals surface area contributed by atoms with Gasteiger partial charge in [0.05, 0.1) is 24.8 Å². The van der Waals surface area contributed by atoms with Crippen LogP contribution in [0.2, 0.25) is 0 Å². The van der Waals surface area contributed by atoms with Crippen LogP contribution >= 0.6 is 0 Å². The molecule has 0 aliphatic heterocycles. The van der Waals surface area contributed by atoms with Gasteiger partial charge in [0.1, 0.15) is 24.1 Å². The minimum Gasteiger partial charge on any atom is -0.497 e. The Morgan fingerprint density at radius 1 is 0.778 bits per heavy atom. The molecule has 1 atom stereocenters. The van der Waals surface area contributed by atoms with Crippen LogP contribution in [0.5, 0.6) is 11.5 Å². The van der Waals surface area contributed by atoms with Crippen molar-refractivity contribution in [2.45, 2.75) is 37.2 Å². The predicted molar refractivity (Wildman–Crippen MR) is 175 cm³/mol. The summed E-state index contributed by atoms with van der Waals surface area (Å²) in [5.41, 5.74) is 1.84. The lowest BCUT2D eigenvalue weighted by Crippen LogP contribution is -2.53. The molecule has 1 N–H and O–H groups in total. The van der Waals surface area contributed by atoms with E-state index in [0.29, 0.717) is 24.5 Å². The van der Waals surface area contributed by atoms with Gasteiger partial charge in [-0.15, -0.1) is 0 Å². The molecular formula is C35H39N3O6S. The highest BCUT2D eigenvalue weighted by Gasteiger charge is 2.34. The van der Waals surface area contributed by atoms with Gasteiger partial charge < -0.3 is 19.7 Å². The van der Waals surface area contributed by atoms with E-state index in [4.69, 9.17) is 9.47 Å². The molecule has 45 heavy (non-hydrogen) atoms. The highest BCUT2D eigenvalue weighted by Crippen LogP contribution is 2.28. The maximum atomic E-state index is 14.5. The average molecular weight is 630 g/mol. The highest BCUT2D eigenvalue weighted by molar-refractivity contribution is 7.92. The van der Waals surface area contributed by atoms with Crippen LogP contribution in [0.3, 0.4) is 0 Å². The fraction of sp³-hybridized carbons (Fsp3) is 0.257. The van der Waals surface area contributed by atoms with E-state index in [1.165, 1.54) is 24.1 Å². The first-order valence-corrected chi connectivity index (χ1v) is 16.2. The Balaban J connectivity index is 1.81. The standard InChI is InChI=1S/C35H39N3O6S/c1-4-21-36-35(40)33(23-27-13-7-5-8-14-27)37(25-28-15-11-17-30(22-28)43-2)34(39)26-38(29-16-12-18-31(24-29)44-3)45(41,42)32-19-9-6-10-20-32/h5-20,22,24,33H,4,21,23,25-26H2,1-3H3,(H,36,40). The fourth-order valence-electron chi connectivity index (χ4n) is 4.90. The SMILES string of the molecule is CCCNC(=O)C(Cc1ccccc1)N(Cc1cccc(OC)c1)C(=O)CN(c1cccc(OC)c1)S(=O)(=O)c1ccccc1. The Morgan fingerprint density at radius 3 is 2.02 bits per heavy atom. The molecule has 10 heteroatoms. The second kappa shape index (κ2) is 15.8. The van der Waals surface area contributed by atoms with Crippen LogP contribution in [0.15, 0.2) is 114 Å². The first-order valence-electron chi connectivity index (χ1n) is 14.7. The van der Waals surface area contributed by atoms with E-state index in [0.717, 1.165) is 15.4 Å². The summed E-state index contributed by atoms with van der Waals surface area (Å²) >= 11 is 0. The van der Waals surface area contributed by atoms with Crippen LogP contribution in [0, 0.1) is 0 Å². The molecule has 0 radical (unpaired) electrons. The predicted octanol–water partition coefficient (Wildman–Crippen LogP) is 5.07. The number of hydrogen-bond acceptors (Lipinski definition) is 6. The van der Waals surface area contributed by atoms with Crippen molar-refractivity contribution in [2.75, 3.05) is 31.6 Å². The molecule has 0 aliphatic carbocycles. The number of benzene rings is 4. The van der Waals surface area contributed by atoms with Gasteiger partial charge in [-0.1, -0.05) is 73.7 Å². The molecule has 0 aromatic heterocycles. The number of carbonyl (C=O) groups is 2. The van der Waals surface area contributed by atoms with Crippen LogP contribution in [0.4, 0.5) is 5.69 Å². The number of sulfonamides is 1. The third kappa shape index (κ3) is 8.63. The van der Waals surface area contributed by atoms with E-state index in [9.17, 15) is 18.0 Å². The smallest absolute Gasteiger partial charge is 0.264 e. The largest absolute Gasteiger partial charge is 0.497 e. The molecule has 0 aliphatic rings. The van der Waals surface area contributed by atoms with Gasteiger partial charge in [0.25, 0.3) is 10.0 Å². The number of amides is 2. The van der Waals surface area contributed by atoms with Gasteiger partial charge in [0, 0.05) is 25.6 Å². The number of rotatable bonds is 15. The van der Waals surface area contributed by atoms with Gasteiger partial charge in [-0.3, -0.25) is 13.9 Å². The van der Waals surface area contributed by atoms with Gasteiger partial charge in [-0.2, -0.15) is 0 Å². The van der Waals surface area contributed by atoms with E-state index in [-0.39, 0.29) is 29.5 Å². The normalized spacial score (nSPS) is 11.7. The van der Waals surface area contributed by atoms with Crippen molar-refractivity contribution in [3.8, 4) is 11.5 Å². The Kier molecular flexibility index (Phi) is 11.6. The summed E-state index contributed by atoms with van der Waals surface area (Å²) < 4.78 is 40.0. The minimum atomic E-state index is -4.20. The third-order valence-electron chi connectivity index (χ3n) is 7.26. The molecule has 0 spiro atoms. The number of methoxy groups -OCH3 is 2. The summed E-state index contributed by atoms with van der Waals surface area (Å²) in [4.78, 5) is 29.7. The number of hydrogen-bond donors (Lipinski definition) is 1. The molecule has 0 fully saturated rings. The number of anilines is 1. The van der Waals surface area contributed by atoms with Crippen molar-refractivity contribution in [2.24, 2.45) is 0 Å². The first-order chi connectivity index (χ1) is 21.8. The minimum absolute atomic E-state index is 0.0292. The number of carbonyl (C=O) groups excluding carboxylic acids is 2. The lowest BCUT2D eigenvalue weighted by molar-refractivity contribution is -0.140.